The molecule has 0 aliphatic rings. The lowest BCUT2D eigenvalue weighted by molar-refractivity contribution is -0.114. The molecule has 0 bridgehead atoms. The Morgan fingerprint density at radius 3 is 0.818 bits per heavy atom. The van der Waals surface area contributed by atoms with Gasteiger partial charge in [0.2, 0.25) is 0 Å². The topological polar surface area (TPSA) is 203 Å². The standard InChI is InChI=1S/C23H27NO8S.C22H27NO8S2/c1-27-15-11-19(29-3)17(20(12-15)30-4)7-8-23(25)24-33(26)10-9-18-21(31-5)13-16(28-2)14-22(18)32-6;1-26-15-11-19(28-3)17(20(12-15)29-4)7-9-32(24)23-33(25)10-8-18-21(30-5)13-16(27-2)14-22(18)31-6/h7-14H,1-6H3,(H,24,25);7-14,23H,1-6H3/b8-7+,10-9+;9-7-,10-8+. The van der Waals surface area contributed by atoms with Crippen molar-refractivity contribution in [1.82, 2.24) is 8.85 Å². The van der Waals surface area contributed by atoms with Crippen LogP contribution in [0.25, 0.3) is 24.3 Å². The van der Waals surface area contributed by atoms with Crippen LogP contribution in [0, 0.1) is 0 Å². The molecule has 0 radical (unpaired) electrons. The molecule has 0 spiro atoms. The van der Waals surface area contributed by atoms with Gasteiger partial charge in [0, 0.05) is 70.8 Å². The summed E-state index contributed by atoms with van der Waals surface area (Å²) in [5.74, 6) is 5.33. The summed E-state index contributed by atoms with van der Waals surface area (Å²) in [5, 5.41) is 3.99. The fourth-order valence-corrected chi connectivity index (χ4v) is 7.85. The first-order valence-electron chi connectivity index (χ1n) is 19.0. The first-order valence-corrected chi connectivity index (χ1v) is 22.7. The van der Waals surface area contributed by atoms with Gasteiger partial charge in [0.25, 0.3) is 5.91 Å². The lowest BCUT2D eigenvalue weighted by Gasteiger charge is -2.12. The fraction of sp³-hybridized carbons (Fsp3) is 0.267. The monoisotopic (exact) mass is 974 g/mol. The molecule has 0 aromatic heterocycles. The van der Waals surface area contributed by atoms with Crippen molar-refractivity contribution >= 4 is 63.2 Å². The second-order valence-electron chi connectivity index (χ2n) is 12.5. The normalized spacial score (nSPS) is 12.4. The van der Waals surface area contributed by atoms with Crippen molar-refractivity contribution in [2.75, 3.05) is 85.3 Å². The van der Waals surface area contributed by atoms with Crippen molar-refractivity contribution in [1.29, 1.82) is 0 Å². The van der Waals surface area contributed by atoms with Gasteiger partial charge < -0.3 is 56.8 Å². The molecule has 358 valence electrons. The molecule has 2 N–H and O–H groups in total. The number of amides is 1. The van der Waals surface area contributed by atoms with Crippen LogP contribution in [0.3, 0.4) is 0 Å². The number of hydrogen-bond donors (Lipinski definition) is 2. The summed E-state index contributed by atoms with van der Waals surface area (Å²) in [4.78, 5) is 12.3. The third-order valence-electron chi connectivity index (χ3n) is 8.85. The van der Waals surface area contributed by atoms with Gasteiger partial charge >= 0.3 is 0 Å². The summed E-state index contributed by atoms with van der Waals surface area (Å²) in [6.45, 7) is 0. The van der Waals surface area contributed by atoms with E-state index in [1.54, 1.807) is 60.7 Å². The Labute approximate surface area is 392 Å². The van der Waals surface area contributed by atoms with Crippen molar-refractivity contribution in [3.63, 3.8) is 0 Å². The summed E-state index contributed by atoms with van der Waals surface area (Å²) in [6, 6.07) is 13.4. The molecule has 0 saturated carbocycles. The molecule has 21 heteroatoms. The Balaban J connectivity index is 0.000000350. The Morgan fingerprint density at radius 2 is 0.591 bits per heavy atom. The number of methoxy groups -OCH3 is 12. The number of benzene rings is 4. The third-order valence-corrected chi connectivity index (χ3v) is 11.7. The number of carbonyl (C=O) groups excluding carboxylic acids is 1. The van der Waals surface area contributed by atoms with Crippen LogP contribution in [-0.2, 0) is 37.8 Å². The lowest BCUT2D eigenvalue weighted by Crippen LogP contribution is -2.21. The van der Waals surface area contributed by atoms with Crippen LogP contribution < -0.4 is 65.7 Å². The maximum atomic E-state index is 12.4. The summed E-state index contributed by atoms with van der Waals surface area (Å²) < 4.78 is 106. The summed E-state index contributed by atoms with van der Waals surface area (Å²) in [7, 11) is 12.8. The van der Waals surface area contributed by atoms with Gasteiger partial charge in [0.1, 0.15) is 102 Å². The Hall–Kier alpha value is -6.68. The van der Waals surface area contributed by atoms with Gasteiger partial charge in [-0.2, -0.15) is 0 Å². The van der Waals surface area contributed by atoms with Crippen molar-refractivity contribution in [2.24, 2.45) is 0 Å². The van der Waals surface area contributed by atoms with Crippen molar-refractivity contribution in [3.8, 4) is 69.0 Å². The number of rotatable bonds is 23. The smallest absolute Gasteiger partial charge is 0.255 e. The van der Waals surface area contributed by atoms with E-state index in [4.69, 9.17) is 56.8 Å². The van der Waals surface area contributed by atoms with Crippen LogP contribution in [0.2, 0.25) is 0 Å². The van der Waals surface area contributed by atoms with Gasteiger partial charge in [-0.15, -0.1) is 4.13 Å². The van der Waals surface area contributed by atoms with E-state index in [9.17, 15) is 17.4 Å². The third kappa shape index (κ3) is 15.2. The first-order chi connectivity index (χ1) is 31.8. The molecular weight excluding hydrogens is 921 g/mol. The average molecular weight is 975 g/mol. The number of hydrogen-bond acceptors (Lipinski definition) is 16. The molecule has 0 heterocycles. The van der Waals surface area contributed by atoms with E-state index in [-0.39, 0.29) is 0 Å². The first kappa shape index (κ1) is 53.7. The summed E-state index contributed by atoms with van der Waals surface area (Å²) in [5.41, 5.74) is 2.20. The van der Waals surface area contributed by atoms with Crippen molar-refractivity contribution < 1.29 is 74.3 Å². The maximum Gasteiger partial charge on any atom is 0.255 e. The Bertz CT molecular complexity index is 2040. The number of ether oxygens (including phenoxy) is 12. The van der Waals surface area contributed by atoms with E-state index in [2.05, 4.69) is 8.85 Å². The van der Waals surface area contributed by atoms with Gasteiger partial charge in [-0.25, -0.2) is 12.6 Å². The zero-order valence-corrected chi connectivity index (χ0v) is 40.9. The SMILES string of the molecule is COc1cc(OC)c(/C=C/C(=O)NS(=O)/C=C/c2c(OC)cc(OC)cc2OC)c(OC)c1.COc1cc(OC)c(/C=C\S(=O)NS(=O)/C=C/c2c(OC)cc(OC)cc2OC)c(OC)c1. The minimum Gasteiger partial charge on any atom is -0.496 e. The molecule has 4 aromatic carbocycles. The average Bonchev–Trinajstić information content (AvgIpc) is 3.34. The van der Waals surface area contributed by atoms with Gasteiger partial charge in [0.15, 0.2) is 0 Å². The van der Waals surface area contributed by atoms with Crippen LogP contribution in [0.5, 0.6) is 69.0 Å². The predicted molar refractivity (Wildman–Crippen MR) is 256 cm³/mol. The highest BCUT2D eigenvalue weighted by molar-refractivity contribution is 8.01. The largest absolute Gasteiger partial charge is 0.496 e. The molecule has 4 aromatic rings. The zero-order valence-electron chi connectivity index (χ0n) is 38.5. The minimum atomic E-state index is -1.81. The molecule has 66 heavy (non-hydrogen) atoms. The zero-order chi connectivity index (χ0) is 48.8. The highest BCUT2D eigenvalue weighted by atomic mass is 32.3. The molecule has 4 rings (SSSR count). The number of carbonyl (C=O) groups is 1. The Kier molecular flexibility index (Phi) is 22.4. The van der Waals surface area contributed by atoms with Crippen LogP contribution >= 0.6 is 0 Å². The minimum absolute atomic E-state index is 0.454. The number of nitrogens with one attached hydrogen (secondary N) is 2. The van der Waals surface area contributed by atoms with Crippen LogP contribution in [0.1, 0.15) is 22.3 Å². The van der Waals surface area contributed by atoms with E-state index < -0.39 is 38.9 Å². The quantitative estimate of drug-likeness (QED) is 0.0762. The maximum absolute atomic E-state index is 12.4. The van der Waals surface area contributed by atoms with Crippen molar-refractivity contribution in [3.05, 3.63) is 93.1 Å². The molecule has 18 nitrogen and oxygen atoms in total. The second-order valence-corrected chi connectivity index (χ2v) is 15.9. The van der Waals surface area contributed by atoms with Gasteiger partial charge in [-0.1, -0.05) is 0 Å². The van der Waals surface area contributed by atoms with Crippen LogP contribution in [-0.4, -0.2) is 104 Å². The van der Waals surface area contributed by atoms with Gasteiger partial charge in [-0.3, -0.25) is 9.52 Å². The van der Waals surface area contributed by atoms with E-state index in [1.165, 1.54) is 120 Å². The predicted octanol–water partition coefficient (Wildman–Crippen LogP) is 6.50. The lowest BCUT2D eigenvalue weighted by atomic mass is 10.1. The highest BCUT2D eigenvalue weighted by Gasteiger charge is 2.15. The van der Waals surface area contributed by atoms with Crippen molar-refractivity contribution in [2.45, 2.75) is 0 Å². The molecule has 0 saturated heterocycles. The molecular formula is C45H54N2O16S3. The van der Waals surface area contributed by atoms with E-state index in [0.29, 0.717) is 91.2 Å². The fourth-order valence-electron chi connectivity index (χ4n) is 5.64. The van der Waals surface area contributed by atoms with Gasteiger partial charge in [-0.05, 0) is 24.3 Å². The van der Waals surface area contributed by atoms with Gasteiger partial charge in [0.05, 0.1) is 108 Å². The van der Waals surface area contributed by atoms with Crippen LogP contribution in [0.15, 0.2) is 70.8 Å². The molecule has 1 amide bonds. The van der Waals surface area contributed by atoms with Crippen LogP contribution in [0.4, 0.5) is 0 Å². The molecule has 0 aliphatic heterocycles. The van der Waals surface area contributed by atoms with E-state index in [0.717, 1.165) is 0 Å². The summed E-state index contributed by atoms with van der Waals surface area (Å²) in [6.07, 6.45) is 7.37. The van der Waals surface area contributed by atoms with E-state index in [1.807, 2.05) is 0 Å². The second kappa shape index (κ2) is 27.6. The van der Waals surface area contributed by atoms with E-state index >= 15 is 0 Å². The molecule has 0 fully saturated rings. The highest BCUT2D eigenvalue weighted by Crippen LogP contribution is 2.38. The molecule has 3 atom stereocenters. The summed E-state index contributed by atoms with van der Waals surface area (Å²) >= 11 is 0. The molecule has 0 aliphatic carbocycles. The Morgan fingerprint density at radius 1 is 0.364 bits per heavy atom. The molecule has 3 unspecified atom stereocenters.